The first-order valence-corrected chi connectivity index (χ1v) is 12.0. The minimum Gasteiger partial charge on any atom is -0.486 e. The molecule has 8 nitrogen and oxygen atoms in total. The number of pyridine rings is 1. The van der Waals surface area contributed by atoms with Crippen molar-refractivity contribution in [3.8, 4) is 23.1 Å². The minimum absolute atomic E-state index is 0.0386. The summed E-state index contributed by atoms with van der Waals surface area (Å²) in [5.74, 6) is -0.397. The number of benzene rings is 2. The van der Waals surface area contributed by atoms with Crippen LogP contribution in [0.15, 0.2) is 65.4 Å². The topological polar surface area (TPSA) is 108 Å². The van der Waals surface area contributed by atoms with E-state index in [4.69, 9.17) is 15.2 Å². The number of carbonyl (C=O) groups excluding carboxylic acids is 1. The molecule has 0 radical (unpaired) electrons. The molecule has 0 saturated heterocycles. The molecule has 12 heteroatoms. The van der Waals surface area contributed by atoms with E-state index in [9.17, 15) is 18.0 Å². The lowest BCUT2D eigenvalue weighted by molar-refractivity contribution is 0.0816. The van der Waals surface area contributed by atoms with Gasteiger partial charge in [0, 0.05) is 17.0 Å². The van der Waals surface area contributed by atoms with Crippen molar-refractivity contribution in [2.45, 2.75) is 13.3 Å². The van der Waals surface area contributed by atoms with Gasteiger partial charge in [0.1, 0.15) is 18.2 Å². The SMILES string of the molecule is Cc1cc(Oc2ccccc2F)ncc1-n1ncc(C(=O)c2cc3cc(OCC(F)F)c(Br)cc3[nH]2)c1N. The van der Waals surface area contributed by atoms with Gasteiger partial charge in [0.15, 0.2) is 11.6 Å². The molecule has 38 heavy (non-hydrogen) atoms. The summed E-state index contributed by atoms with van der Waals surface area (Å²) in [5.41, 5.74) is 8.45. The molecule has 5 rings (SSSR count). The van der Waals surface area contributed by atoms with E-state index in [0.29, 0.717) is 26.6 Å². The highest BCUT2D eigenvalue weighted by molar-refractivity contribution is 9.10. The Labute approximate surface area is 222 Å². The Morgan fingerprint density at radius 3 is 2.68 bits per heavy atom. The van der Waals surface area contributed by atoms with Crippen molar-refractivity contribution in [3.05, 3.63) is 88.0 Å². The summed E-state index contributed by atoms with van der Waals surface area (Å²) in [5, 5.41) is 4.86. The third kappa shape index (κ3) is 4.94. The lowest BCUT2D eigenvalue weighted by Gasteiger charge is -2.11. The quantitative estimate of drug-likeness (QED) is 0.210. The number of ketones is 1. The number of nitrogens with zero attached hydrogens (tertiary/aromatic N) is 3. The Bertz CT molecular complexity index is 1670. The number of aromatic nitrogens is 4. The normalized spacial score (nSPS) is 11.3. The van der Waals surface area contributed by atoms with Crippen molar-refractivity contribution >= 4 is 38.4 Å². The summed E-state index contributed by atoms with van der Waals surface area (Å²) in [4.78, 5) is 20.5. The zero-order chi connectivity index (χ0) is 27.0. The van der Waals surface area contributed by atoms with E-state index in [2.05, 4.69) is 31.0 Å². The number of fused-ring (bicyclic) bond motifs is 1. The number of H-pyrrole nitrogens is 1. The van der Waals surface area contributed by atoms with Crippen molar-refractivity contribution in [2.75, 3.05) is 12.3 Å². The fourth-order valence-corrected chi connectivity index (χ4v) is 4.29. The Balaban J connectivity index is 1.40. The van der Waals surface area contributed by atoms with Crippen molar-refractivity contribution in [3.63, 3.8) is 0 Å². The summed E-state index contributed by atoms with van der Waals surface area (Å²) < 4.78 is 51.5. The molecule has 2 aromatic carbocycles. The number of rotatable bonds is 8. The standard InChI is InChI=1S/C26H19BrF3N5O3/c1-13-6-24(38-21-5-3-2-4-17(21)28)32-11-20(13)35-26(31)15(10-33-35)25(36)19-7-14-8-22(37-12-23(29)30)16(27)9-18(14)34-19/h2-11,23,34H,12,31H2,1H3. The van der Waals surface area contributed by atoms with E-state index in [1.54, 1.807) is 43.3 Å². The molecule has 0 bridgehead atoms. The van der Waals surface area contributed by atoms with Gasteiger partial charge in [-0.3, -0.25) is 4.79 Å². The molecule has 0 atom stereocenters. The molecule has 5 aromatic rings. The molecule has 3 N–H and O–H groups in total. The number of alkyl halides is 2. The average Bonchev–Trinajstić information content (AvgIpc) is 3.46. The summed E-state index contributed by atoms with van der Waals surface area (Å²) in [7, 11) is 0. The number of nitrogens with one attached hydrogen (secondary N) is 1. The average molecular weight is 586 g/mol. The first-order chi connectivity index (χ1) is 18.2. The number of nitrogens with two attached hydrogens (primary N) is 1. The Kier molecular flexibility index (Phi) is 6.81. The van der Waals surface area contributed by atoms with Crippen LogP contribution in [-0.4, -0.2) is 38.6 Å². The third-order valence-electron chi connectivity index (χ3n) is 5.67. The smallest absolute Gasteiger partial charge is 0.272 e. The van der Waals surface area contributed by atoms with Gasteiger partial charge in [-0.1, -0.05) is 12.1 Å². The molecule has 0 aliphatic heterocycles. The molecular weight excluding hydrogens is 567 g/mol. The number of carbonyl (C=O) groups is 1. The number of ether oxygens (including phenoxy) is 2. The lowest BCUT2D eigenvalue weighted by Crippen LogP contribution is -2.09. The van der Waals surface area contributed by atoms with Crippen LogP contribution in [0.5, 0.6) is 17.4 Å². The maximum Gasteiger partial charge on any atom is 0.272 e. The highest BCUT2D eigenvalue weighted by Crippen LogP contribution is 2.32. The van der Waals surface area contributed by atoms with Gasteiger partial charge in [0.25, 0.3) is 6.43 Å². The first kappa shape index (κ1) is 25.3. The molecule has 194 valence electrons. The van der Waals surface area contributed by atoms with Crippen molar-refractivity contribution in [2.24, 2.45) is 0 Å². The van der Waals surface area contributed by atoms with Crippen LogP contribution in [0.1, 0.15) is 21.6 Å². The second kappa shape index (κ2) is 10.2. The van der Waals surface area contributed by atoms with Crippen LogP contribution < -0.4 is 15.2 Å². The van der Waals surface area contributed by atoms with Crippen molar-refractivity contribution in [1.82, 2.24) is 19.7 Å². The molecule has 3 aromatic heterocycles. The van der Waals surface area contributed by atoms with Gasteiger partial charge < -0.3 is 20.2 Å². The highest BCUT2D eigenvalue weighted by Gasteiger charge is 2.21. The number of nitrogen functional groups attached to an aromatic ring is 1. The third-order valence-corrected chi connectivity index (χ3v) is 6.29. The number of para-hydroxylation sites is 1. The van der Waals surface area contributed by atoms with Gasteiger partial charge in [-0.2, -0.15) is 5.10 Å². The molecule has 0 unspecified atom stereocenters. The van der Waals surface area contributed by atoms with E-state index in [-0.39, 0.29) is 34.5 Å². The number of aromatic amines is 1. The second-order valence-corrected chi connectivity index (χ2v) is 9.14. The number of hydrogen-bond acceptors (Lipinski definition) is 6. The molecule has 0 fully saturated rings. The van der Waals surface area contributed by atoms with Crippen molar-refractivity contribution in [1.29, 1.82) is 0 Å². The monoisotopic (exact) mass is 585 g/mol. The summed E-state index contributed by atoms with van der Waals surface area (Å²) in [6, 6.07) is 12.4. The van der Waals surface area contributed by atoms with E-state index in [1.165, 1.54) is 29.2 Å². The van der Waals surface area contributed by atoms with Crippen LogP contribution in [0.25, 0.3) is 16.6 Å². The predicted molar refractivity (Wildman–Crippen MR) is 138 cm³/mol. The van der Waals surface area contributed by atoms with Gasteiger partial charge >= 0.3 is 0 Å². The molecule has 0 aliphatic rings. The molecule has 0 saturated carbocycles. The summed E-state index contributed by atoms with van der Waals surface area (Å²) in [6.07, 6.45) is 0.194. The lowest BCUT2D eigenvalue weighted by atomic mass is 10.1. The van der Waals surface area contributed by atoms with Crippen LogP contribution in [0.2, 0.25) is 0 Å². The summed E-state index contributed by atoms with van der Waals surface area (Å²) >= 11 is 3.29. The fraction of sp³-hybridized carbons (Fsp3) is 0.115. The predicted octanol–water partition coefficient (Wildman–Crippen LogP) is 6.21. The zero-order valence-electron chi connectivity index (χ0n) is 19.7. The number of halogens is 4. The molecule has 3 heterocycles. The van der Waals surface area contributed by atoms with Crippen LogP contribution >= 0.6 is 15.9 Å². The maximum absolute atomic E-state index is 13.9. The van der Waals surface area contributed by atoms with Gasteiger partial charge in [-0.25, -0.2) is 22.8 Å². The number of hydrogen-bond donors (Lipinski definition) is 2. The minimum atomic E-state index is -2.62. The van der Waals surface area contributed by atoms with Gasteiger partial charge in [0.2, 0.25) is 11.7 Å². The number of anilines is 1. The maximum atomic E-state index is 13.9. The number of aryl methyl sites for hydroxylation is 1. The van der Waals surface area contributed by atoms with E-state index < -0.39 is 24.6 Å². The van der Waals surface area contributed by atoms with Crippen LogP contribution in [-0.2, 0) is 0 Å². The largest absolute Gasteiger partial charge is 0.486 e. The molecule has 0 spiro atoms. The summed E-state index contributed by atoms with van der Waals surface area (Å²) in [6.45, 7) is 1.03. The Morgan fingerprint density at radius 1 is 1.16 bits per heavy atom. The van der Waals surface area contributed by atoms with E-state index in [0.717, 1.165) is 0 Å². The van der Waals surface area contributed by atoms with Gasteiger partial charge in [-0.05, 0) is 58.7 Å². The second-order valence-electron chi connectivity index (χ2n) is 8.28. The highest BCUT2D eigenvalue weighted by atomic mass is 79.9. The van der Waals surface area contributed by atoms with E-state index in [1.807, 2.05) is 0 Å². The Morgan fingerprint density at radius 2 is 1.95 bits per heavy atom. The van der Waals surface area contributed by atoms with Crippen LogP contribution in [0.4, 0.5) is 19.0 Å². The first-order valence-electron chi connectivity index (χ1n) is 11.2. The molecule has 0 amide bonds. The van der Waals surface area contributed by atoms with Crippen molar-refractivity contribution < 1.29 is 27.4 Å². The zero-order valence-corrected chi connectivity index (χ0v) is 21.3. The van der Waals surface area contributed by atoms with Crippen LogP contribution in [0.3, 0.4) is 0 Å². The molecular formula is C26H19BrF3N5O3. The van der Waals surface area contributed by atoms with Crippen LogP contribution in [0, 0.1) is 12.7 Å². The fourth-order valence-electron chi connectivity index (χ4n) is 3.83. The van der Waals surface area contributed by atoms with E-state index >= 15 is 0 Å². The van der Waals surface area contributed by atoms with Gasteiger partial charge in [0.05, 0.1) is 33.8 Å². The molecule has 0 aliphatic carbocycles. The Hall–Kier alpha value is -4.32. The van der Waals surface area contributed by atoms with Gasteiger partial charge in [-0.15, -0.1) is 0 Å².